The number of nitrogens with one attached hydrogen (secondary N) is 1. The summed E-state index contributed by atoms with van der Waals surface area (Å²) in [7, 11) is 0. The number of nitrogen functional groups attached to an aromatic ring is 1. The number of rotatable bonds is 17. The van der Waals surface area contributed by atoms with Crippen LogP contribution in [-0.2, 0) is 14.3 Å². The first-order chi connectivity index (χ1) is 36.8. The molecule has 4 aliphatic heterocycles. The lowest BCUT2D eigenvalue weighted by molar-refractivity contribution is -0.141. The molecule has 2 unspecified atom stereocenters. The van der Waals surface area contributed by atoms with E-state index in [1.54, 1.807) is 42.5 Å². The van der Waals surface area contributed by atoms with Crippen molar-refractivity contribution < 1.29 is 38.5 Å². The quantitative estimate of drug-likeness (QED) is 0.0791. The minimum atomic E-state index is -0.844. The zero-order valence-electron chi connectivity index (χ0n) is 43.5. The van der Waals surface area contributed by atoms with Crippen molar-refractivity contribution in [3.8, 4) is 34.8 Å². The Labute approximate surface area is 443 Å². The maximum Gasteiger partial charge on any atom is 0.254 e. The molecule has 4 saturated heterocycles. The second kappa shape index (κ2) is 21.9. The number of anilines is 3. The molecule has 2 amide bonds. The number of phenolic OH excluding ortho intramolecular Hbond substituents is 1. The summed E-state index contributed by atoms with van der Waals surface area (Å²) in [6.45, 7) is 10.4. The molecule has 5 N–H and O–H groups in total. The van der Waals surface area contributed by atoms with E-state index in [0.717, 1.165) is 101 Å². The summed E-state index contributed by atoms with van der Waals surface area (Å²) in [4.78, 5) is 41.2. The van der Waals surface area contributed by atoms with Gasteiger partial charge in [-0.15, -0.1) is 10.2 Å². The maximum absolute atomic E-state index is 14.2. The lowest BCUT2D eigenvalue weighted by Gasteiger charge is -2.43. The van der Waals surface area contributed by atoms with Gasteiger partial charge >= 0.3 is 0 Å². The van der Waals surface area contributed by atoms with E-state index in [4.69, 9.17) is 29.7 Å². The summed E-state index contributed by atoms with van der Waals surface area (Å²) in [6, 6.07) is 23.4. The van der Waals surface area contributed by atoms with Crippen LogP contribution in [0.5, 0.6) is 17.5 Å². The molecule has 5 aromatic rings. The van der Waals surface area contributed by atoms with Crippen LogP contribution in [0.4, 0.5) is 17.2 Å². The van der Waals surface area contributed by atoms with E-state index >= 15 is 0 Å². The number of nitrogens with two attached hydrogens (primary N) is 1. The van der Waals surface area contributed by atoms with E-state index in [2.05, 4.69) is 58.6 Å². The number of pyridine rings is 1. The fraction of sp³-hybridized carbons (Fsp3) is 0.526. The Kier molecular flexibility index (Phi) is 14.7. The van der Waals surface area contributed by atoms with E-state index in [1.807, 2.05) is 45.2 Å². The number of ether oxygens (including phenoxy) is 3. The number of carbonyl (C=O) groups excluding carboxylic acids is 2. The Hall–Kier alpha value is -7.01. The van der Waals surface area contributed by atoms with E-state index in [-0.39, 0.29) is 66.9 Å². The number of fused-ring (bicyclic) bond motifs is 2. The van der Waals surface area contributed by atoms with Crippen LogP contribution in [0.3, 0.4) is 0 Å². The first-order valence-corrected chi connectivity index (χ1v) is 27.2. The summed E-state index contributed by atoms with van der Waals surface area (Å²) in [6.07, 6.45) is 9.38. The molecule has 7 heterocycles. The molecule has 19 heteroatoms. The van der Waals surface area contributed by atoms with Crippen LogP contribution >= 0.6 is 0 Å². The minimum absolute atomic E-state index is 0.0123. The average Bonchev–Trinajstić information content (AvgIpc) is 4.11. The molecule has 0 spiro atoms. The Morgan fingerprint density at radius 1 is 0.855 bits per heavy atom. The van der Waals surface area contributed by atoms with Gasteiger partial charge in [-0.1, -0.05) is 38.1 Å². The van der Waals surface area contributed by atoms with Gasteiger partial charge in [0.05, 0.1) is 47.4 Å². The van der Waals surface area contributed by atoms with Gasteiger partial charge in [-0.05, 0) is 104 Å². The van der Waals surface area contributed by atoms with Crippen LogP contribution in [-0.4, -0.2) is 140 Å². The average molecular weight is 1040 g/mol. The highest BCUT2D eigenvalue weighted by atomic mass is 16.5. The molecule has 6 aliphatic rings. The fourth-order valence-electron chi connectivity index (χ4n) is 12.4. The number of para-hydroxylation sites is 1. The van der Waals surface area contributed by atoms with Crippen LogP contribution < -0.4 is 30.3 Å². The van der Waals surface area contributed by atoms with Gasteiger partial charge in [0.25, 0.3) is 5.88 Å². The van der Waals surface area contributed by atoms with Gasteiger partial charge in [0.1, 0.15) is 29.9 Å². The Morgan fingerprint density at radius 2 is 1.58 bits per heavy atom. The van der Waals surface area contributed by atoms with Crippen molar-refractivity contribution in [1.82, 2.24) is 35.5 Å². The number of aliphatic hydroxyl groups excluding tert-OH is 1. The van der Waals surface area contributed by atoms with Crippen LogP contribution in [0.1, 0.15) is 107 Å². The van der Waals surface area contributed by atoms with Crippen LogP contribution in [0, 0.1) is 23.2 Å². The van der Waals surface area contributed by atoms with Gasteiger partial charge in [0.2, 0.25) is 17.7 Å². The number of nitrogens with zero attached hydrogens (tertiary/aromatic N) is 9. The normalized spacial score (nSPS) is 26.3. The summed E-state index contributed by atoms with van der Waals surface area (Å²) < 4.78 is 25.0. The fourth-order valence-corrected chi connectivity index (χ4v) is 12.4. The SMILES string of the molecule is CC(C)[C@H](C(=O)N1C[C@H](O)C[C@H]1C(=O)N[C@@H](C)c1ccc(C#N)cc1)c1cc(O[C@H]2C[C@H](CN3CCC(O[C@H]4C[C@H](Oc5cc(N6C7CCC6CN(c6cc(-c8ccccc8O)nnc6N)C7)ccn5)C4)CC3)C2)no1. The van der Waals surface area contributed by atoms with E-state index < -0.39 is 18.1 Å². The molecule has 400 valence electrons. The van der Waals surface area contributed by atoms with Gasteiger partial charge in [-0.3, -0.25) is 9.59 Å². The number of aromatic nitrogens is 4. The smallest absolute Gasteiger partial charge is 0.254 e. The lowest BCUT2D eigenvalue weighted by Crippen LogP contribution is -2.54. The van der Waals surface area contributed by atoms with E-state index in [1.165, 1.54) is 4.90 Å². The monoisotopic (exact) mass is 1040 g/mol. The van der Waals surface area contributed by atoms with Crippen molar-refractivity contribution in [3.63, 3.8) is 0 Å². The van der Waals surface area contributed by atoms with Gasteiger partial charge < -0.3 is 59.6 Å². The predicted octanol–water partition coefficient (Wildman–Crippen LogP) is 6.37. The number of carbonyl (C=O) groups is 2. The summed E-state index contributed by atoms with van der Waals surface area (Å²) in [5, 5.41) is 46.0. The molecule has 2 bridgehead atoms. The first-order valence-electron chi connectivity index (χ1n) is 27.2. The van der Waals surface area contributed by atoms with Crippen LogP contribution in [0.15, 0.2) is 83.5 Å². The Morgan fingerprint density at radius 3 is 2.30 bits per heavy atom. The summed E-state index contributed by atoms with van der Waals surface area (Å²) in [5.74, 6) is 0.899. The molecule has 6 fully saturated rings. The third-order valence-corrected chi connectivity index (χ3v) is 16.6. The van der Waals surface area contributed by atoms with Gasteiger partial charge in [0.15, 0.2) is 11.6 Å². The van der Waals surface area contributed by atoms with Crippen molar-refractivity contribution in [3.05, 3.63) is 95.9 Å². The number of likely N-dealkylation sites (tertiary alicyclic amines) is 2. The Balaban J connectivity index is 0.590. The molecule has 76 heavy (non-hydrogen) atoms. The lowest BCUT2D eigenvalue weighted by atomic mass is 9.81. The maximum atomic E-state index is 14.2. The zero-order valence-corrected chi connectivity index (χ0v) is 43.5. The van der Waals surface area contributed by atoms with Crippen molar-refractivity contribution in [2.75, 3.05) is 54.8 Å². The number of hydrogen-bond donors (Lipinski definition) is 4. The number of aliphatic hydroxyl groups is 1. The number of benzene rings is 2. The topological polar surface area (TPSA) is 242 Å². The number of phenols is 1. The van der Waals surface area contributed by atoms with Gasteiger partial charge in [-0.2, -0.15) is 5.26 Å². The molecule has 2 aromatic carbocycles. The number of nitriles is 1. The third-order valence-electron chi connectivity index (χ3n) is 16.6. The van der Waals surface area contributed by atoms with Gasteiger partial charge in [0, 0.05) is 100 Å². The van der Waals surface area contributed by atoms with E-state index in [0.29, 0.717) is 58.2 Å². The molecular formula is C57H69N11O8. The molecule has 0 radical (unpaired) electrons. The predicted molar refractivity (Wildman–Crippen MR) is 282 cm³/mol. The highest BCUT2D eigenvalue weighted by molar-refractivity contribution is 5.91. The number of aromatic hydroxyl groups is 1. The van der Waals surface area contributed by atoms with Crippen LogP contribution in [0.2, 0.25) is 0 Å². The van der Waals surface area contributed by atoms with Crippen molar-refractivity contribution in [1.29, 1.82) is 5.26 Å². The number of amides is 2. The van der Waals surface area contributed by atoms with Crippen molar-refractivity contribution in [2.24, 2.45) is 11.8 Å². The third kappa shape index (κ3) is 11.0. The van der Waals surface area contributed by atoms with Crippen LogP contribution in [0.25, 0.3) is 11.3 Å². The number of piperidine rings is 1. The van der Waals surface area contributed by atoms with Crippen molar-refractivity contribution >= 4 is 29.0 Å². The molecule has 2 saturated carbocycles. The summed E-state index contributed by atoms with van der Waals surface area (Å²) in [5.41, 5.74) is 10.9. The van der Waals surface area contributed by atoms with E-state index in [9.17, 15) is 19.8 Å². The summed E-state index contributed by atoms with van der Waals surface area (Å²) >= 11 is 0. The Bertz CT molecular complexity index is 2880. The molecule has 2 aliphatic carbocycles. The second-order valence-electron chi connectivity index (χ2n) is 22.3. The molecule has 19 nitrogen and oxygen atoms in total. The van der Waals surface area contributed by atoms with Gasteiger partial charge in [-0.25, -0.2) is 4.98 Å². The first kappa shape index (κ1) is 51.1. The standard InChI is InChI=1S/C57H69N11O8/c1-33(2)54(57(72)67-32-41(69)23-49(67)56(71)61-34(3)37-10-8-35(28-58)9-11-37)51-27-53(64-76-51)75-43-20-36(21-43)29-65-18-15-42(16-19-65)73-44-24-45(25-44)74-52-22-38(14-17-60-52)68-39-12-13-40(68)31-66(30-39)48-26-47(62-63-55(48)59)46-6-4-5-7-50(46)70/h4-11,14,17,22,26-27,33-34,36,39-45,49,54,69-70H,12-13,15-16,18-21,23-25,29-32H2,1-3H3,(H2,59,63)(H,61,71)/t34-,36-,39?,40?,41+,43-,44-,45-,49-,54-/m0/s1. The number of hydrogen-bond acceptors (Lipinski definition) is 17. The molecule has 11 rings (SSSR count). The highest BCUT2D eigenvalue weighted by Gasteiger charge is 2.45. The largest absolute Gasteiger partial charge is 0.507 e. The number of piperazine rings is 1. The second-order valence-corrected chi connectivity index (χ2v) is 22.3. The zero-order chi connectivity index (χ0) is 52.6. The number of β-amino-alcohol motifs (C(OH)–C–C–N with tert-alkyl or cyclic N) is 1. The molecule has 6 atom stereocenters. The molecular weight excluding hydrogens is 967 g/mol. The minimum Gasteiger partial charge on any atom is -0.507 e. The van der Waals surface area contributed by atoms with Crippen molar-refractivity contribution in [2.45, 2.75) is 139 Å². The highest BCUT2D eigenvalue weighted by Crippen LogP contribution is 2.41. The molecule has 3 aromatic heterocycles.